The van der Waals surface area contributed by atoms with Gasteiger partial charge in [-0.05, 0) is 50.1 Å². The van der Waals surface area contributed by atoms with Crippen molar-refractivity contribution < 1.29 is 23.8 Å². The number of fused-ring (bicyclic) bond motifs is 1. The van der Waals surface area contributed by atoms with Crippen LogP contribution in [-0.2, 0) is 16.0 Å². The summed E-state index contributed by atoms with van der Waals surface area (Å²) in [6.07, 6.45) is -0.230. The summed E-state index contributed by atoms with van der Waals surface area (Å²) in [7, 11) is 0. The quantitative estimate of drug-likeness (QED) is 0.678. The zero-order valence-electron chi connectivity index (χ0n) is 16.7. The zero-order chi connectivity index (χ0) is 20.6. The van der Waals surface area contributed by atoms with Crippen LogP contribution in [0.2, 0.25) is 0 Å². The molecule has 1 atom stereocenters. The standard InChI is InChI=1S/C22H26N2O5/c1-3-27-18-10-9-15(13-19(18)28-4-2)11-12-23-21(25)14-20-22(26)24-16-7-5-6-8-17(16)29-20/h5-10,13,20H,3-4,11-12,14H2,1-2H3,(H,23,25)(H,24,26)/t20-/m0/s1. The van der Waals surface area contributed by atoms with Gasteiger partial charge < -0.3 is 24.8 Å². The van der Waals surface area contributed by atoms with Crippen molar-refractivity contribution in [3.8, 4) is 17.2 Å². The number of nitrogens with one attached hydrogen (secondary N) is 2. The van der Waals surface area contributed by atoms with E-state index in [4.69, 9.17) is 14.2 Å². The van der Waals surface area contributed by atoms with Crippen LogP contribution in [0.4, 0.5) is 5.69 Å². The molecule has 0 spiro atoms. The molecule has 2 amide bonds. The molecule has 0 radical (unpaired) electrons. The van der Waals surface area contributed by atoms with Crippen LogP contribution in [0.5, 0.6) is 17.2 Å². The number of amides is 2. The minimum absolute atomic E-state index is 0.0341. The highest BCUT2D eigenvalue weighted by molar-refractivity contribution is 5.99. The summed E-state index contributed by atoms with van der Waals surface area (Å²) in [4.78, 5) is 24.4. The lowest BCUT2D eigenvalue weighted by Crippen LogP contribution is -2.41. The van der Waals surface area contributed by atoms with Gasteiger partial charge in [-0.2, -0.15) is 0 Å². The molecule has 2 N–H and O–H groups in total. The summed E-state index contributed by atoms with van der Waals surface area (Å²) in [5.41, 5.74) is 1.65. The first-order chi connectivity index (χ1) is 14.1. The highest BCUT2D eigenvalue weighted by Crippen LogP contribution is 2.30. The molecule has 1 aliphatic rings. The van der Waals surface area contributed by atoms with Gasteiger partial charge in [0.1, 0.15) is 5.75 Å². The number of ether oxygens (including phenoxy) is 3. The lowest BCUT2D eigenvalue weighted by molar-refractivity contribution is -0.130. The van der Waals surface area contributed by atoms with Gasteiger partial charge in [0.15, 0.2) is 17.6 Å². The van der Waals surface area contributed by atoms with Crippen molar-refractivity contribution in [1.29, 1.82) is 0 Å². The van der Waals surface area contributed by atoms with Gasteiger partial charge in [-0.25, -0.2) is 0 Å². The molecule has 7 nitrogen and oxygen atoms in total. The average Bonchev–Trinajstić information content (AvgIpc) is 2.71. The fourth-order valence-electron chi connectivity index (χ4n) is 3.06. The molecule has 0 aliphatic carbocycles. The van der Waals surface area contributed by atoms with E-state index in [1.165, 1.54) is 0 Å². The van der Waals surface area contributed by atoms with E-state index in [1.54, 1.807) is 12.1 Å². The maximum absolute atomic E-state index is 12.3. The predicted octanol–water partition coefficient (Wildman–Crippen LogP) is 2.93. The first-order valence-corrected chi connectivity index (χ1v) is 9.82. The van der Waals surface area contributed by atoms with Gasteiger partial charge in [-0.3, -0.25) is 9.59 Å². The largest absolute Gasteiger partial charge is 0.490 e. The van der Waals surface area contributed by atoms with Gasteiger partial charge in [0, 0.05) is 6.54 Å². The molecule has 7 heteroatoms. The van der Waals surface area contributed by atoms with E-state index in [1.807, 2.05) is 44.2 Å². The lowest BCUT2D eigenvalue weighted by atomic mass is 10.1. The zero-order valence-corrected chi connectivity index (χ0v) is 16.7. The Morgan fingerprint density at radius 2 is 1.86 bits per heavy atom. The number of hydrogen-bond donors (Lipinski definition) is 2. The number of para-hydroxylation sites is 2. The molecular weight excluding hydrogens is 372 g/mol. The van der Waals surface area contributed by atoms with E-state index in [0.29, 0.717) is 49.1 Å². The second-order valence-corrected chi connectivity index (χ2v) is 6.54. The number of rotatable bonds is 9. The van der Waals surface area contributed by atoms with Crippen LogP contribution in [-0.4, -0.2) is 37.7 Å². The molecule has 154 valence electrons. The Kier molecular flexibility index (Phi) is 6.94. The van der Waals surface area contributed by atoms with Crippen LogP contribution in [0.3, 0.4) is 0 Å². The van der Waals surface area contributed by atoms with Gasteiger partial charge in [0.2, 0.25) is 5.91 Å². The number of carbonyl (C=O) groups is 2. The van der Waals surface area contributed by atoms with Crippen molar-refractivity contribution in [3.63, 3.8) is 0 Å². The Bertz CT molecular complexity index is 868. The number of anilines is 1. The van der Waals surface area contributed by atoms with Gasteiger partial charge in [-0.1, -0.05) is 18.2 Å². The van der Waals surface area contributed by atoms with E-state index in [0.717, 1.165) is 5.56 Å². The first-order valence-electron chi connectivity index (χ1n) is 9.82. The topological polar surface area (TPSA) is 85.9 Å². The van der Waals surface area contributed by atoms with Gasteiger partial charge in [0.25, 0.3) is 5.91 Å². The van der Waals surface area contributed by atoms with Crippen molar-refractivity contribution in [2.75, 3.05) is 25.1 Å². The molecule has 1 aliphatic heterocycles. The molecule has 29 heavy (non-hydrogen) atoms. The summed E-state index contributed by atoms with van der Waals surface area (Å²) < 4.78 is 16.8. The highest BCUT2D eigenvalue weighted by Gasteiger charge is 2.29. The Morgan fingerprint density at radius 3 is 2.66 bits per heavy atom. The molecule has 2 aromatic carbocycles. The van der Waals surface area contributed by atoms with Crippen LogP contribution in [0.1, 0.15) is 25.8 Å². The van der Waals surface area contributed by atoms with Gasteiger partial charge in [-0.15, -0.1) is 0 Å². The van der Waals surface area contributed by atoms with Gasteiger partial charge in [0.05, 0.1) is 25.3 Å². The number of hydrogen-bond acceptors (Lipinski definition) is 5. The summed E-state index contributed by atoms with van der Waals surface area (Å²) in [5.74, 6) is 1.43. The van der Waals surface area contributed by atoms with Crippen LogP contribution < -0.4 is 24.8 Å². The molecule has 0 fully saturated rings. The van der Waals surface area contributed by atoms with E-state index in [-0.39, 0.29) is 18.2 Å². The molecule has 0 saturated carbocycles. The maximum atomic E-state index is 12.3. The first kappa shape index (κ1) is 20.5. The Hall–Kier alpha value is -3.22. The minimum atomic E-state index is -0.833. The van der Waals surface area contributed by atoms with Crippen molar-refractivity contribution >= 4 is 17.5 Å². The fourth-order valence-corrected chi connectivity index (χ4v) is 3.06. The van der Waals surface area contributed by atoms with Crippen molar-refractivity contribution in [3.05, 3.63) is 48.0 Å². The summed E-state index contributed by atoms with van der Waals surface area (Å²) in [5, 5.41) is 5.60. The third-order valence-electron chi connectivity index (χ3n) is 4.42. The van der Waals surface area contributed by atoms with Crippen molar-refractivity contribution in [2.24, 2.45) is 0 Å². The smallest absolute Gasteiger partial charge is 0.266 e. The third kappa shape index (κ3) is 5.40. The lowest BCUT2D eigenvalue weighted by Gasteiger charge is -2.25. The second kappa shape index (κ2) is 9.82. The Morgan fingerprint density at radius 1 is 1.10 bits per heavy atom. The second-order valence-electron chi connectivity index (χ2n) is 6.54. The van der Waals surface area contributed by atoms with Crippen molar-refractivity contribution in [1.82, 2.24) is 5.32 Å². The third-order valence-corrected chi connectivity index (χ3v) is 4.42. The maximum Gasteiger partial charge on any atom is 0.266 e. The number of carbonyl (C=O) groups excluding carboxylic acids is 2. The molecule has 1 heterocycles. The molecule has 3 rings (SSSR count). The van der Waals surface area contributed by atoms with Crippen LogP contribution >= 0.6 is 0 Å². The molecular formula is C22H26N2O5. The summed E-state index contributed by atoms with van der Waals surface area (Å²) in [6, 6.07) is 12.9. The Balaban J connectivity index is 1.50. The van der Waals surface area contributed by atoms with Crippen LogP contribution in [0.25, 0.3) is 0 Å². The van der Waals surface area contributed by atoms with E-state index in [2.05, 4.69) is 10.6 Å². The average molecular weight is 398 g/mol. The predicted molar refractivity (Wildman–Crippen MR) is 110 cm³/mol. The van der Waals surface area contributed by atoms with Crippen molar-refractivity contribution in [2.45, 2.75) is 32.8 Å². The molecule has 2 aromatic rings. The molecule has 0 unspecified atom stereocenters. The normalized spacial score (nSPS) is 15.0. The van der Waals surface area contributed by atoms with Crippen LogP contribution in [0.15, 0.2) is 42.5 Å². The van der Waals surface area contributed by atoms with E-state index < -0.39 is 6.10 Å². The fraction of sp³-hybridized carbons (Fsp3) is 0.364. The van der Waals surface area contributed by atoms with E-state index in [9.17, 15) is 9.59 Å². The van der Waals surface area contributed by atoms with Gasteiger partial charge >= 0.3 is 0 Å². The van der Waals surface area contributed by atoms with Crippen LogP contribution in [0, 0.1) is 0 Å². The van der Waals surface area contributed by atoms with E-state index >= 15 is 0 Å². The summed E-state index contributed by atoms with van der Waals surface area (Å²) >= 11 is 0. The summed E-state index contributed by atoms with van der Waals surface area (Å²) in [6.45, 7) is 5.41. The monoisotopic (exact) mass is 398 g/mol. The Labute approximate surface area is 170 Å². The number of benzene rings is 2. The molecule has 0 saturated heterocycles. The molecule has 0 bridgehead atoms. The highest BCUT2D eigenvalue weighted by atomic mass is 16.5. The SMILES string of the molecule is CCOc1ccc(CCNC(=O)C[C@@H]2Oc3ccccc3NC2=O)cc1OCC. The molecule has 0 aromatic heterocycles. The minimum Gasteiger partial charge on any atom is -0.490 e.